The van der Waals surface area contributed by atoms with Crippen molar-refractivity contribution in [2.75, 3.05) is 22.4 Å². The quantitative estimate of drug-likeness (QED) is 0.517. The molecule has 1 N–H and O–H groups in total. The normalized spacial score (nSPS) is 11.2. The number of nitrogens with one attached hydrogen (secondary N) is 1. The molecule has 10 heteroatoms. The van der Waals surface area contributed by atoms with E-state index < -0.39 is 27.4 Å². The molecule has 0 aromatic heterocycles. The first kappa shape index (κ1) is 22.2. The van der Waals surface area contributed by atoms with E-state index in [1.165, 1.54) is 12.1 Å². The monoisotopic (exact) mass is 421 g/mol. The van der Waals surface area contributed by atoms with Crippen LogP contribution in [0.3, 0.4) is 0 Å². The lowest BCUT2D eigenvalue weighted by Gasteiger charge is -2.23. The van der Waals surface area contributed by atoms with Crippen LogP contribution in [0.2, 0.25) is 0 Å². The molecule has 0 aliphatic carbocycles. The summed E-state index contributed by atoms with van der Waals surface area (Å²) in [6, 6.07) is 10.5. The fraction of sp³-hybridized carbons (Fsp3) is 0.316. The highest BCUT2D eigenvalue weighted by Crippen LogP contribution is 2.27. The summed E-state index contributed by atoms with van der Waals surface area (Å²) in [7, 11) is -3.86. The van der Waals surface area contributed by atoms with Gasteiger partial charge in [-0.05, 0) is 50.6 Å². The third-order valence-electron chi connectivity index (χ3n) is 3.87. The zero-order valence-electron chi connectivity index (χ0n) is 16.6. The zero-order valence-corrected chi connectivity index (χ0v) is 17.4. The van der Waals surface area contributed by atoms with Gasteiger partial charge in [0.25, 0.3) is 5.69 Å². The molecule has 1 amide bonds. The van der Waals surface area contributed by atoms with Crippen molar-refractivity contribution in [3.63, 3.8) is 0 Å². The number of nitrogens with zero attached hydrogens (tertiary/aromatic N) is 2. The maximum atomic E-state index is 12.5. The smallest absolute Gasteiger partial charge is 0.271 e. The third kappa shape index (κ3) is 6.18. The molecular formula is C19H23N3O6S. The number of amides is 1. The Labute approximate surface area is 169 Å². The Balaban J connectivity index is 2.22. The lowest BCUT2D eigenvalue weighted by atomic mass is 10.2. The number of carbonyl (C=O) groups is 1. The van der Waals surface area contributed by atoms with Crippen LogP contribution >= 0.6 is 0 Å². The average Bonchev–Trinajstić information content (AvgIpc) is 2.60. The number of rotatable bonds is 8. The Morgan fingerprint density at radius 1 is 1.21 bits per heavy atom. The highest BCUT2D eigenvalue weighted by Gasteiger charge is 2.24. The maximum absolute atomic E-state index is 12.5. The van der Waals surface area contributed by atoms with Crippen LogP contribution in [0.4, 0.5) is 17.1 Å². The zero-order chi connectivity index (χ0) is 21.8. The van der Waals surface area contributed by atoms with Crippen LogP contribution in [0.15, 0.2) is 42.5 Å². The molecule has 2 rings (SSSR count). The van der Waals surface area contributed by atoms with E-state index in [4.69, 9.17) is 4.74 Å². The maximum Gasteiger partial charge on any atom is 0.271 e. The van der Waals surface area contributed by atoms with Gasteiger partial charge in [0.2, 0.25) is 15.9 Å². The molecule has 0 bridgehead atoms. The average molecular weight is 421 g/mol. The highest BCUT2D eigenvalue weighted by atomic mass is 32.2. The topological polar surface area (TPSA) is 119 Å². The van der Waals surface area contributed by atoms with Crippen molar-refractivity contribution in [3.8, 4) is 5.75 Å². The summed E-state index contributed by atoms with van der Waals surface area (Å²) in [5, 5.41) is 13.7. The number of anilines is 2. The van der Waals surface area contributed by atoms with E-state index in [0.29, 0.717) is 17.0 Å². The van der Waals surface area contributed by atoms with Crippen molar-refractivity contribution in [1.82, 2.24) is 0 Å². The number of hydrogen-bond acceptors (Lipinski definition) is 6. The predicted octanol–water partition coefficient (Wildman–Crippen LogP) is 3.10. The summed E-state index contributed by atoms with van der Waals surface area (Å²) in [5.41, 5.74) is 0.775. The Hall–Kier alpha value is -3.14. The summed E-state index contributed by atoms with van der Waals surface area (Å²) >= 11 is 0. The molecular weight excluding hydrogens is 398 g/mol. The first-order valence-electron chi connectivity index (χ1n) is 8.76. The second-order valence-corrected chi connectivity index (χ2v) is 8.64. The highest BCUT2D eigenvalue weighted by molar-refractivity contribution is 7.92. The van der Waals surface area contributed by atoms with Gasteiger partial charge < -0.3 is 10.1 Å². The number of nitro groups is 1. The molecule has 0 aliphatic heterocycles. The van der Waals surface area contributed by atoms with Crippen LogP contribution in [0.25, 0.3) is 0 Å². The van der Waals surface area contributed by atoms with Crippen molar-refractivity contribution in [1.29, 1.82) is 0 Å². The van der Waals surface area contributed by atoms with Crippen molar-refractivity contribution in [2.24, 2.45) is 0 Å². The molecule has 0 aliphatic rings. The predicted molar refractivity (Wildman–Crippen MR) is 111 cm³/mol. The van der Waals surface area contributed by atoms with E-state index in [0.717, 1.165) is 16.6 Å². The van der Waals surface area contributed by atoms with E-state index in [2.05, 4.69) is 5.32 Å². The number of non-ortho nitro benzene ring substituents is 1. The summed E-state index contributed by atoms with van der Waals surface area (Å²) in [5.74, 6) is 0.0573. The lowest BCUT2D eigenvalue weighted by molar-refractivity contribution is -0.384. The number of benzene rings is 2. The lowest BCUT2D eigenvalue weighted by Crippen LogP contribution is -2.37. The van der Waals surface area contributed by atoms with Crippen LogP contribution in [0.1, 0.15) is 19.4 Å². The fourth-order valence-electron chi connectivity index (χ4n) is 2.58. The molecule has 0 spiro atoms. The van der Waals surface area contributed by atoms with E-state index >= 15 is 0 Å². The molecule has 0 fully saturated rings. The van der Waals surface area contributed by atoms with Crippen LogP contribution in [-0.2, 0) is 14.8 Å². The molecule has 0 saturated heterocycles. The number of hydrogen-bond donors (Lipinski definition) is 1. The van der Waals surface area contributed by atoms with E-state index in [-0.39, 0.29) is 17.5 Å². The number of nitro benzene ring substituents is 1. The SMILES string of the molecule is Cc1ccc([N+](=O)[O-])cc1N(CC(=O)Nc1ccc(OC(C)C)cc1)S(C)(=O)=O. The molecule has 29 heavy (non-hydrogen) atoms. The summed E-state index contributed by atoms with van der Waals surface area (Å²) < 4.78 is 30.9. The summed E-state index contributed by atoms with van der Waals surface area (Å²) in [6.07, 6.45) is 0.952. The largest absolute Gasteiger partial charge is 0.491 e. The second-order valence-electron chi connectivity index (χ2n) is 6.74. The van der Waals surface area contributed by atoms with Gasteiger partial charge in [0.1, 0.15) is 12.3 Å². The van der Waals surface area contributed by atoms with Gasteiger partial charge in [-0.25, -0.2) is 8.42 Å². The molecule has 0 radical (unpaired) electrons. The van der Waals surface area contributed by atoms with Gasteiger partial charge >= 0.3 is 0 Å². The van der Waals surface area contributed by atoms with Crippen LogP contribution in [0, 0.1) is 17.0 Å². The number of aryl methyl sites for hydroxylation is 1. The molecule has 0 atom stereocenters. The third-order valence-corrected chi connectivity index (χ3v) is 5.00. The van der Waals surface area contributed by atoms with Crippen molar-refractivity contribution >= 4 is 33.0 Å². The first-order valence-corrected chi connectivity index (χ1v) is 10.6. The van der Waals surface area contributed by atoms with E-state index in [1.54, 1.807) is 31.2 Å². The van der Waals surface area contributed by atoms with Gasteiger partial charge in [0, 0.05) is 17.8 Å². The summed E-state index contributed by atoms with van der Waals surface area (Å²) in [4.78, 5) is 22.9. The number of ether oxygens (including phenoxy) is 1. The van der Waals surface area contributed by atoms with E-state index in [9.17, 15) is 23.3 Å². The molecule has 2 aromatic rings. The minimum Gasteiger partial charge on any atom is -0.491 e. The first-order chi connectivity index (χ1) is 13.5. The standard InChI is InChI=1S/C19H23N3O6S/c1-13(2)28-17-9-6-15(7-10-17)20-19(23)12-21(29(4,26)27)18-11-16(22(24)25)8-5-14(18)3/h5-11,13H,12H2,1-4H3,(H,20,23). The molecule has 0 saturated carbocycles. The van der Waals surface area contributed by atoms with Gasteiger partial charge in [-0.1, -0.05) is 6.07 Å². The molecule has 156 valence electrons. The van der Waals surface area contributed by atoms with Gasteiger partial charge in [-0.2, -0.15) is 0 Å². The number of carbonyl (C=O) groups excluding carboxylic acids is 1. The molecule has 2 aromatic carbocycles. The van der Waals surface area contributed by atoms with Crippen molar-refractivity contribution < 1.29 is 22.9 Å². The van der Waals surface area contributed by atoms with Gasteiger partial charge in [-0.15, -0.1) is 0 Å². The van der Waals surface area contributed by atoms with Crippen LogP contribution in [0.5, 0.6) is 5.75 Å². The molecule has 9 nitrogen and oxygen atoms in total. The van der Waals surface area contributed by atoms with Crippen LogP contribution in [-0.4, -0.2) is 38.2 Å². The Kier molecular flexibility index (Phi) is 6.80. The Morgan fingerprint density at radius 2 is 1.83 bits per heavy atom. The van der Waals surface area contributed by atoms with Gasteiger partial charge in [0.15, 0.2) is 0 Å². The number of sulfonamides is 1. The molecule has 0 unspecified atom stereocenters. The molecule has 0 heterocycles. The van der Waals surface area contributed by atoms with E-state index in [1.807, 2.05) is 13.8 Å². The minimum absolute atomic E-state index is 0.0110. The van der Waals surface area contributed by atoms with Gasteiger partial charge in [0.05, 0.1) is 23.0 Å². The second kappa shape index (κ2) is 8.91. The summed E-state index contributed by atoms with van der Waals surface area (Å²) in [6.45, 7) is 4.88. The minimum atomic E-state index is -3.86. The Bertz CT molecular complexity index is 1000. The Morgan fingerprint density at radius 3 is 2.34 bits per heavy atom. The fourth-order valence-corrected chi connectivity index (χ4v) is 3.49. The van der Waals surface area contributed by atoms with Crippen LogP contribution < -0.4 is 14.4 Å². The van der Waals surface area contributed by atoms with Crippen molar-refractivity contribution in [2.45, 2.75) is 26.9 Å². The van der Waals surface area contributed by atoms with Crippen molar-refractivity contribution in [3.05, 3.63) is 58.1 Å². The van der Waals surface area contributed by atoms with Gasteiger partial charge in [-0.3, -0.25) is 19.2 Å².